The molecule has 6 rings (SSSR count). The first kappa shape index (κ1) is 43.5. The van der Waals surface area contributed by atoms with Gasteiger partial charge in [0.25, 0.3) is 8.32 Å². The molecule has 1 saturated heterocycles. The van der Waals surface area contributed by atoms with Crippen LogP contribution in [0.15, 0.2) is 146 Å². The third kappa shape index (κ3) is 10.2. The second-order valence-electron chi connectivity index (χ2n) is 16.2. The number of methoxy groups -OCH3 is 1. The van der Waals surface area contributed by atoms with Crippen molar-refractivity contribution in [2.24, 2.45) is 5.92 Å². The summed E-state index contributed by atoms with van der Waals surface area (Å²) in [6, 6.07) is 44.5. The fraction of sp³-hybridized carbons (Fsp3) is 0.306. The quantitative estimate of drug-likeness (QED) is 0.0869. The molecule has 312 valence electrons. The standard InChI is InChI=1S/C49H54N2O8Si/c1-36(50(32-38-26-28-42(56-5)29-27-38)47(54)57-33-39-20-12-7-13-21-39)45(52)31-40(46(53)51-41(35-58-48(51)55)30-37-18-10-6-11-19-37)34-59-60(49(2,3)4,43-22-14-8-15-23-43)44-24-16-9-17-25-44/h6-29,36,40-41H,30-35H2,1-5H3/t36-,40-,41+/m0/s1. The molecule has 1 aliphatic rings. The number of hydrogen-bond donors (Lipinski definition) is 0. The van der Waals surface area contributed by atoms with Crippen LogP contribution in [0, 0.1) is 5.92 Å². The highest BCUT2D eigenvalue weighted by Crippen LogP contribution is 2.37. The van der Waals surface area contributed by atoms with Gasteiger partial charge in [-0.15, -0.1) is 0 Å². The average molecular weight is 827 g/mol. The van der Waals surface area contributed by atoms with E-state index in [1.807, 2.05) is 109 Å². The maximum Gasteiger partial charge on any atom is 0.416 e. The Morgan fingerprint density at radius 1 is 0.767 bits per heavy atom. The second kappa shape index (κ2) is 19.8. The van der Waals surface area contributed by atoms with E-state index in [4.69, 9.17) is 18.6 Å². The number of carbonyl (C=O) groups is 4. The van der Waals surface area contributed by atoms with Gasteiger partial charge in [-0.05, 0) is 57.6 Å². The molecule has 0 N–H and O–H groups in total. The van der Waals surface area contributed by atoms with Crippen molar-refractivity contribution in [3.05, 3.63) is 162 Å². The van der Waals surface area contributed by atoms with Crippen LogP contribution in [0.4, 0.5) is 9.59 Å². The smallest absolute Gasteiger partial charge is 0.416 e. The summed E-state index contributed by atoms with van der Waals surface area (Å²) in [5, 5.41) is 1.58. The lowest BCUT2D eigenvalue weighted by atomic mass is 9.96. The highest BCUT2D eigenvalue weighted by molar-refractivity contribution is 6.99. The Hall–Kier alpha value is -6.04. The molecular weight excluding hydrogens is 773 g/mol. The molecule has 11 heteroatoms. The first-order valence-corrected chi connectivity index (χ1v) is 22.2. The number of amides is 3. The summed E-state index contributed by atoms with van der Waals surface area (Å²) >= 11 is 0. The van der Waals surface area contributed by atoms with Gasteiger partial charge in [-0.25, -0.2) is 14.5 Å². The van der Waals surface area contributed by atoms with E-state index < -0.39 is 55.2 Å². The zero-order valence-corrected chi connectivity index (χ0v) is 36.0. The van der Waals surface area contributed by atoms with Crippen molar-refractivity contribution >= 4 is 42.6 Å². The Balaban J connectivity index is 1.35. The van der Waals surface area contributed by atoms with Crippen molar-refractivity contribution in [2.75, 3.05) is 20.3 Å². The van der Waals surface area contributed by atoms with Crippen LogP contribution in [-0.4, -0.2) is 74.4 Å². The van der Waals surface area contributed by atoms with E-state index in [9.17, 15) is 19.2 Å². The third-order valence-corrected chi connectivity index (χ3v) is 16.1. The monoisotopic (exact) mass is 826 g/mol. The molecule has 0 radical (unpaired) electrons. The number of carbonyl (C=O) groups excluding carboxylic acids is 4. The fourth-order valence-corrected chi connectivity index (χ4v) is 12.5. The molecule has 0 unspecified atom stereocenters. The largest absolute Gasteiger partial charge is 0.497 e. The Bertz CT molecular complexity index is 2140. The molecule has 0 saturated carbocycles. The van der Waals surface area contributed by atoms with E-state index in [2.05, 4.69) is 45.0 Å². The summed E-state index contributed by atoms with van der Waals surface area (Å²) in [6.07, 6.45) is -1.38. The third-order valence-electron chi connectivity index (χ3n) is 11.1. The minimum absolute atomic E-state index is 0.00695. The van der Waals surface area contributed by atoms with E-state index in [-0.39, 0.29) is 32.8 Å². The lowest BCUT2D eigenvalue weighted by Gasteiger charge is -2.43. The lowest BCUT2D eigenvalue weighted by molar-refractivity contribution is -0.138. The van der Waals surface area contributed by atoms with Gasteiger partial charge in [-0.1, -0.05) is 154 Å². The summed E-state index contributed by atoms with van der Waals surface area (Å²) in [7, 11) is -1.63. The predicted octanol–water partition coefficient (Wildman–Crippen LogP) is 7.96. The maximum atomic E-state index is 15.0. The first-order valence-electron chi connectivity index (χ1n) is 20.3. The normalized spacial score (nSPS) is 15.1. The SMILES string of the molecule is COc1ccc(CN(C(=O)OCc2ccccc2)[C@@H](C)C(=O)C[C@@H](CO[Si](c2ccccc2)(c2ccccc2)C(C)(C)C)C(=O)N2C(=O)OC[C@H]2Cc2ccccc2)cc1. The molecule has 1 aliphatic heterocycles. The summed E-state index contributed by atoms with van der Waals surface area (Å²) < 4.78 is 23.9. The van der Waals surface area contributed by atoms with Crippen molar-refractivity contribution in [3.63, 3.8) is 0 Å². The molecule has 0 bridgehead atoms. The van der Waals surface area contributed by atoms with Gasteiger partial charge in [0.05, 0.1) is 25.1 Å². The van der Waals surface area contributed by atoms with Gasteiger partial charge in [0.1, 0.15) is 19.0 Å². The predicted molar refractivity (Wildman–Crippen MR) is 233 cm³/mol. The lowest BCUT2D eigenvalue weighted by Crippen LogP contribution is -2.67. The van der Waals surface area contributed by atoms with Gasteiger partial charge in [0, 0.05) is 19.6 Å². The van der Waals surface area contributed by atoms with Crippen LogP contribution in [-0.2, 0) is 43.1 Å². The van der Waals surface area contributed by atoms with Crippen molar-refractivity contribution in [1.29, 1.82) is 0 Å². The van der Waals surface area contributed by atoms with Gasteiger partial charge < -0.3 is 18.6 Å². The average Bonchev–Trinajstić information content (AvgIpc) is 3.63. The van der Waals surface area contributed by atoms with Crippen LogP contribution in [0.2, 0.25) is 5.04 Å². The Morgan fingerprint density at radius 2 is 1.30 bits per heavy atom. The molecule has 3 atom stereocenters. The number of ketones is 1. The summed E-state index contributed by atoms with van der Waals surface area (Å²) in [5.74, 6) is -1.41. The van der Waals surface area contributed by atoms with Gasteiger partial charge >= 0.3 is 12.2 Å². The number of hydrogen-bond acceptors (Lipinski definition) is 8. The van der Waals surface area contributed by atoms with Crippen molar-refractivity contribution in [1.82, 2.24) is 9.80 Å². The highest BCUT2D eigenvalue weighted by Gasteiger charge is 2.51. The molecule has 5 aromatic carbocycles. The zero-order valence-electron chi connectivity index (χ0n) is 35.0. The van der Waals surface area contributed by atoms with Crippen LogP contribution in [0.25, 0.3) is 0 Å². The minimum atomic E-state index is -3.21. The maximum absolute atomic E-state index is 15.0. The number of nitrogens with zero attached hydrogens (tertiary/aromatic N) is 2. The van der Waals surface area contributed by atoms with Crippen LogP contribution >= 0.6 is 0 Å². The van der Waals surface area contributed by atoms with E-state index in [1.54, 1.807) is 26.2 Å². The Kier molecular flexibility index (Phi) is 14.4. The molecule has 1 fully saturated rings. The van der Waals surface area contributed by atoms with E-state index in [0.717, 1.165) is 32.0 Å². The molecule has 0 spiro atoms. The number of Topliss-reactive ketones (excluding diaryl/α,β-unsaturated/α-hetero) is 1. The number of imide groups is 1. The molecule has 5 aromatic rings. The molecule has 60 heavy (non-hydrogen) atoms. The van der Waals surface area contributed by atoms with Crippen molar-refractivity contribution in [3.8, 4) is 5.75 Å². The highest BCUT2D eigenvalue weighted by atomic mass is 28.4. The number of ether oxygens (including phenoxy) is 3. The first-order chi connectivity index (χ1) is 28.9. The molecule has 0 aliphatic carbocycles. The Labute approximate surface area is 354 Å². The minimum Gasteiger partial charge on any atom is -0.497 e. The van der Waals surface area contributed by atoms with E-state index in [1.165, 1.54) is 4.90 Å². The van der Waals surface area contributed by atoms with E-state index in [0.29, 0.717) is 12.2 Å². The molecule has 1 heterocycles. The van der Waals surface area contributed by atoms with Crippen molar-refractivity contribution < 1.29 is 37.8 Å². The van der Waals surface area contributed by atoms with Crippen LogP contribution in [0.5, 0.6) is 5.75 Å². The molecule has 10 nitrogen and oxygen atoms in total. The number of benzene rings is 5. The molecule has 3 amide bonds. The van der Waals surface area contributed by atoms with Crippen LogP contribution in [0.1, 0.15) is 50.8 Å². The van der Waals surface area contributed by atoms with Crippen LogP contribution in [0.3, 0.4) is 0 Å². The number of cyclic esters (lactones) is 1. The van der Waals surface area contributed by atoms with Gasteiger partial charge in [0.2, 0.25) is 5.91 Å². The summed E-state index contributed by atoms with van der Waals surface area (Å²) in [4.78, 5) is 59.6. The van der Waals surface area contributed by atoms with Gasteiger partial charge in [0.15, 0.2) is 5.78 Å². The van der Waals surface area contributed by atoms with E-state index >= 15 is 0 Å². The fourth-order valence-electron chi connectivity index (χ4n) is 7.85. The van der Waals surface area contributed by atoms with Gasteiger partial charge in [-0.2, -0.15) is 0 Å². The summed E-state index contributed by atoms with van der Waals surface area (Å²) in [5.41, 5.74) is 2.48. The van der Waals surface area contributed by atoms with Gasteiger partial charge in [-0.3, -0.25) is 14.5 Å². The molecule has 0 aromatic heterocycles. The topological polar surface area (TPSA) is 112 Å². The Morgan fingerprint density at radius 3 is 1.83 bits per heavy atom. The van der Waals surface area contributed by atoms with Crippen LogP contribution < -0.4 is 15.1 Å². The number of rotatable bonds is 17. The second-order valence-corrected chi connectivity index (χ2v) is 20.5. The van der Waals surface area contributed by atoms with Crippen molar-refractivity contribution in [2.45, 2.75) is 70.8 Å². The molecular formula is C49H54N2O8Si. The summed E-state index contributed by atoms with van der Waals surface area (Å²) in [6.45, 7) is 7.96. The zero-order chi connectivity index (χ0) is 42.7.